The molecule has 308 valence electrons. The molecule has 12 heteroatoms. The van der Waals surface area contributed by atoms with E-state index in [1.807, 2.05) is 128 Å². The van der Waals surface area contributed by atoms with Gasteiger partial charge in [0.25, 0.3) is 0 Å². The third-order valence-electron chi connectivity index (χ3n) is 10.1. The van der Waals surface area contributed by atoms with Gasteiger partial charge in [0.2, 0.25) is 0 Å². The van der Waals surface area contributed by atoms with Crippen LogP contribution in [-0.4, -0.2) is 57.6 Å². The molecule has 0 spiro atoms. The number of carboxylic acids is 1. The first-order valence-electron chi connectivity index (χ1n) is 19.6. The van der Waals surface area contributed by atoms with Gasteiger partial charge in [-0.05, 0) is 54.2 Å². The summed E-state index contributed by atoms with van der Waals surface area (Å²) in [5.41, 5.74) is 3.94. The standard InChI is InChI=1S/C47H48F3N3O6/c1-33(57-29-36-18-10-4-11-19-36)43(53-27-42(51-52-53)39-24-40(48)46(50)41(49)25-39)26-44(58-30-37-20-12-5-13-21-37)45(32-56-28-35-16-8-3-9-17-35)59-31-38(47(54)55)23-22-34-14-6-2-7-15-34/h2-21,24-25,27,33,38,43-45H,22-23,26,28-32H2,1H3,(H,54,55). The van der Waals surface area contributed by atoms with Gasteiger partial charge in [-0.1, -0.05) is 127 Å². The minimum atomic E-state index is -1.58. The Morgan fingerprint density at radius 3 is 1.76 bits per heavy atom. The van der Waals surface area contributed by atoms with Crippen LogP contribution in [0.25, 0.3) is 11.3 Å². The van der Waals surface area contributed by atoms with Crippen molar-refractivity contribution in [3.05, 3.63) is 179 Å². The van der Waals surface area contributed by atoms with Crippen LogP contribution in [0.5, 0.6) is 0 Å². The monoisotopic (exact) mass is 807 g/mol. The molecule has 6 aromatic rings. The molecule has 0 aliphatic rings. The number of rotatable bonds is 23. The summed E-state index contributed by atoms with van der Waals surface area (Å²) in [4.78, 5) is 12.6. The van der Waals surface area contributed by atoms with Crippen molar-refractivity contribution in [1.29, 1.82) is 0 Å². The number of nitrogens with zero attached hydrogens (tertiary/aromatic N) is 3. The molecular weight excluding hydrogens is 760 g/mol. The quantitative estimate of drug-likeness (QED) is 0.0639. The molecule has 5 unspecified atom stereocenters. The number of benzene rings is 5. The number of aromatic nitrogens is 3. The van der Waals surface area contributed by atoms with Crippen LogP contribution in [0.15, 0.2) is 140 Å². The van der Waals surface area contributed by atoms with E-state index in [0.717, 1.165) is 34.4 Å². The lowest BCUT2D eigenvalue weighted by atomic mass is 9.99. The molecular formula is C47H48F3N3O6. The Hall–Kier alpha value is -5.66. The SMILES string of the molecule is CC(OCc1ccccc1)C(CC(OCc1ccccc1)C(COCc1ccccc1)OCC(CCc1ccccc1)C(=O)O)n1cc(-c2cc(F)c(F)c(F)c2)nn1. The normalized spacial score (nSPS) is 14.0. The Morgan fingerprint density at radius 2 is 1.20 bits per heavy atom. The minimum absolute atomic E-state index is 0.00636. The number of hydrogen-bond donors (Lipinski definition) is 1. The smallest absolute Gasteiger partial charge is 0.308 e. The highest BCUT2D eigenvalue weighted by Gasteiger charge is 2.33. The van der Waals surface area contributed by atoms with Crippen molar-refractivity contribution in [2.75, 3.05) is 13.2 Å². The second-order valence-corrected chi connectivity index (χ2v) is 14.4. The number of carbonyl (C=O) groups is 1. The average molecular weight is 808 g/mol. The van der Waals surface area contributed by atoms with Crippen LogP contribution in [0, 0.1) is 23.4 Å². The minimum Gasteiger partial charge on any atom is -0.481 e. The Kier molecular flexibility index (Phi) is 15.9. The van der Waals surface area contributed by atoms with Crippen LogP contribution >= 0.6 is 0 Å². The Labute approximate surface area is 342 Å². The first kappa shape index (κ1) is 42.9. The van der Waals surface area contributed by atoms with E-state index in [4.69, 9.17) is 18.9 Å². The summed E-state index contributed by atoms with van der Waals surface area (Å²) in [7, 11) is 0. The Bertz CT molecular complexity index is 2140. The van der Waals surface area contributed by atoms with Crippen LogP contribution in [0.1, 0.15) is 48.1 Å². The largest absolute Gasteiger partial charge is 0.481 e. The summed E-state index contributed by atoms with van der Waals surface area (Å²) >= 11 is 0. The maximum atomic E-state index is 14.3. The molecule has 9 nitrogen and oxygen atoms in total. The summed E-state index contributed by atoms with van der Waals surface area (Å²) < 4.78 is 70.1. The van der Waals surface area contributed by atoms with E-state index in [2.05, 4.69) is 10.3 Å². The van der Waals surface area contributed by atoms with E-state index in [1.54, 1.807) is 4.68 Å². The fourth-order valence-electron chi connectivity index (χ4n) is 6.68. The van der Waals surface area contributed by atoms with Gasteiger partial charge in [-0.2, -0.15) is 0 Å². The van der Waals surface area contributed by atoms with Crippen molar-refractivity contribution in [3.8, 4) is 11.3 Å². The maximum absolute atomic E-state index is 14.3. The van der Waals surface area contributed by atoms with Gasteiger partial charge in [-0.15, -0.1) is 5.10 Å². The maximum Gasteiger partial charge on any atom is 0.308 e. The van der Waals surface area contributed by atoms with Gasteiger partial charge in [0, 0.05) is 12.0 Å². The molecule has 1 N–H and O–H groups in total. The molecule has 0 saturated heterocycles. The van der Waals surface area contributed by atoms with Gasteiger partial charge in [-0.25, -0.2) is 17.9 Å². The number of ether oxygens (including phenoxy) is 4. The Balaban J connectivity index is 1.32. The van der Waals surface area contributed by atoms with Crippen LogP contribution in [-0.2, 0) is 50.0 Å². The fourth-order valence-corrected chi connectivity index (χ4v) is 6.68. The van der Waals surface area contributed by atoms with Crippen molar-refractivity contribution >= 4 is 5.97 Å². The lowest BCUT2D eigenvalue weighted by Gasteiger charge is -2.33. The summed E-state index contributed by atoms with van der Waals surface area (Å²) in [6.07, 6.45) is 0.602. The average Bonchev–Trinajstić information content (AvgIpc) is 3.75. The molecule has 0 amide bonds. The highest BCUT2D eigenvalue weighted by Crippen LogP contribution is 2.29. The highest BCUT2D eigenvalue weighted by molar-refractivity contribution is 5.70. The predicted molar refractivity (Wildman–Crippen MR) is 216 cm³/mol. The zero-order chi connectivity index (χ0) is 41.4. The van der Waals surface area contributed by atoms with Crippen molar-refractivity contribution < 1.29 is 42.0 Å². The van der Waals surface area contributed by atoms with Crippen molar-refractivity contribution in [3.63, 3.8) is 0 Å². The van der Waals surface area contributed by atoms with Gasteiger partial charge >= 0.3 is 5.97 Å². The lowest BCUT2D eigenvalue weighted by molar-refractivity contribution is -0.153. The van der Waals surface area contributed by atoms with E-state index < -0.39 is 53.7 Å². The van der Waals surface area contributed by atoms with Crippen LogP contribution in [0.4, 0.5) is 13.2 Å². The molecule has 0 aliphatic carbocycles. The van der Waals surface area contributed by atoms with Crippen molar-refractivity contribution in [2.45, 2.75) is 70.4 Å². The zero-order valence-electron chi connectivity index (χ0n) is 32.8. The predicted octanol–water partition coefficient (Wildman–Crippen LogP) is 9.42. The molecule has 0 radical (unpaired) electrons. The first-order chi connectivity index (χ1) is 28.7. The van der Waals surface area contributed by atoms with E-state index in [1.165, 1.54) is 6.20 Å². The summed E-state index contributed by atoms with van der Waals surface area (Å²) in [5.74, 6) is -6.07. The van der Waals surface area contributed by atoms with Gasteiger partial charge in [0.1, 0.15) is 11.8 Å². The zero-order valence-corrected chi connectivity index (χ0v) is 32.8. The van der Waals surface area contributed by atoms with Crippen LogP contribution in [0.3, 0.4) is 0 Å². The third-order valence-corrected chi connectivity index (χ3v) is 10.1. The number of halogens is 3. The van der Waals surface area contributed by atoms with Crippen LogP contribution < -0.4 is 0 Å². The van der Waals surface area contributed by atoms with Gasteiger partial charge in [-0.3, -0.25) is 4.79 Å². The molecule has 1 aromatic heterocycles. The summed E-state index contributed by atoms with van der Waals surface area (Å²) in [6.45, 7) is 2.58. The second kappa shape index (κ2) is 21.9. The van der Waals surface area contributed by atoms with E-state index in [9.17, 15) is 23.1 Å². The van der Waals surface area contributed by atoms with E-state index in [0.29, 0.717) is 12.8 Å². The Morgan fingerprint density at radius 1 is 0.678 bits per heavy atom. The molecule has 0 bridgehead atoms. The number of aryl methyl sites for hydroxylation is 1. The molecule has 0 fully saturated rings. The number of aliphatic carboxylic acids is 1. The van der Waals surface area contributed by atoms with Gasteiger partial charge in [0.05, 0.1) is 63.4 Å². The first-order valence-corrected chi connectivity index (χ1v) is 19.6. The number of carboxylic acid groups (broad SMARTS) is 1. The fraction of sp³-hybridized carbons (Fsp3) is 0.298. The topological polar surface area (TPSA) is 105 Å². The van der Waals surface area contributed by atoms with Crippen LogP contribution in [0.2, 0.25) is 0 Å². The molecule has 1 heterocycles. The van der Waals surface area contributed by atoms with Gasteiger partial charge < -0.3 is 24.1 Å². The molecule has 6 rings (SSSR count). The summed E-state index contributed by atoms with van der Waals surface area (Å²) in [5, 5.41) is 18.9. The van der Waals surface area contributed by atoms with Crippen molar-refractivity contribution in [1.82, 2.24) is 15.0 Å². The third kappa shape index (κ3) is 12.9. The molecule has 0 saturated carbocycles. The van der Waals surface area contributed by atoms with E-state index >= 15 is 0 Å². The van der Waals surface area contributed by atoms with Crippen molar-refractivity contribution in [2.24, 2.45) is 5.92 Å². The molecule has 5 aromatic carbocycles. The molecule has 59 heavy (non-hydrogen) atoms. The highest BCUT2D eigenvalue weighted by atomic mass is 19.2. The second-order valence-electron chi connectivity index (χ2n) is 14.4. The summed E-state index contributed by atoms with van der Waals surface area (Å²) in [6, 6.07) is 39.8. The van der Waals surface area contributed by atoms with E-state index in [-0.39, 0.29) is 50.7 Å². The number of hydrogen-bond acceptors (Lipinski definition) is 7. The molecule has 0 aliphatic heterocycles. The molecule has 5 atom stereocenters. The van der Waals surface area contributed by atoms with Gasteiger partial charge in [0.15, 0.2) is 17.5 Å². The lowest BCUT2D eigenvalue weighted by Crippen LogP contribution is -2.41.